The maximum atomic E-state index is 6.86. The highest BCUT2D eigenvalue weighted by Crippen LogP contribution is 2.34. The Bertz CT molecular complexity index is 357. The zero-order chi connectivity index (χ0) is 11.3. The molecule has 1 aromatic carbocycles. The van der Waals surface area contributed by atoms with Gasteiger partial charge in [-0.15, -0.1) is 0 Å². The summed E-state index contributed by atoms with van der Waals surface area (Å²) in [4.78, 5) is 3.33. The Morgan fingerprint density at radius 3 is 1.93 bits per heavy atom. The van der Waals surface area contributed by atoms with Gasteiger partial charge >= 0.3 is 0 Å². The van der Waals surface area contributed by atoms with Gasteiger partial charge in [-0.1, -0.05) is 0 Å². The first-order valence-electron chi connectivity index (χ1n) is 4.39. The second-order valence-electron chi connectivity index (χ2n) is 2.83. The quantitative estimate of drug-likeness (QED) is 0.709. The van der Waals surface area contributed by atoms with Crippen LogP contribution in [0.3, 0.4) is 0 Å². The summed E-state index contributed by atoms with van der Waals surface area (Å²) in [6, 6.07) is 3.48. The van der Waals surface area contributed by atoms with Crippen LogP contribution in [0.2, 0.25) is 0 Å². The normalized spacial score (nSPS) is 9.20. The topological polar surface area (TPSA) is 32.0 Å². The summed E-state index contributed by atoms with van der Waals surface area (Å²) in [5.74, 6) is 1.88. The largest absolute Gasteiger partial charge is 0.496 e. The maximum absolute atomic E-state index is 6.86. The van der Waals surface area contributed by atoms with Gasteiger partial charge in [0.1, 0.15) is 22.8 Å². The summed E-state index contributed by atoms with van der Waals surface area (Å²) in [5, 5.41) is 0. The number of nitrogens with zero attached hydrogens (tertiary/aromatic N) is 1. The van der Waals surface area contributed by atoms with E-state index in [0.717, 1.165) is 5.56 Å². The predicted molar refractivity (Wildman–Crippen MR) is 56.4 cm³/mol. The van der Waals surface area contributed by atoms with Gasteiger partial charge in [0.2, 0.25) is 6.54 Å². The Hall–Kier alpha value is -1.89. The van der Waals surface area contributed by atoms with Crippen LogP contribution in [-0.2, 0) is 6.54 Å². The number of methoxy groups -OCH3 is 3. The average Bonchev–Trinajstić information content (AvgIpc) is 2.29. The van der Waals surface area contributed by atoms with Crippen molar-refractivity contribution in [2.24, 2.45) is 0 Å². The van der Waals surface area contributed by atoms with Crippen LogP contribution in [0.15, 0.2) is 12.1 Å². The summed E-state index contributed by atoms with van der Waals surface area (Å²) in [6.45, 7) is 7.10. The number of benzene rings is 1. The Labute approximate surface area is 89.2 Å². The second-order valence-corrected chi connectivity index (χ2v) is 2.83. The molecule has 0 aliphatic rings. The van der Waals surface area contributed by atoms with E-state index in [-0.39, 0.29) is 6.54 Å². The third kappa shape index (κ3) is 2.32. The van der Waals surface area contributed by atoms with Gasteiger partial charge in [-0.2, -0.15) is 0 Å². The van der Waals surface area contributed by atoms with Crippen molar-refractivity contribution in [3.8, 4) is 17.2 Å². The van der Waals surface area contributed by atoms with E-state index >= 15 is 0 Å². The van der Waals surface area contributed by atoms with Gasteiger partial charge in [0.05, 0.1) is 21.3 Å². The second kappa shape index (κ2) is 5.11. The van der Waals surface area contributed by atoms with Crippen LogP contribution in [0.5, 0.6) is 17.2 Å². The van der Waals surface area contributed by atoms with Crippen LogP contribution in [0.25, 0.3) is 4.85 Å². The predicted octanol–water partition coefficient (Wildman–Crippen LogP) is 2.13. The van der Waals surface area contributed by atoms with Gasteiger partial charge in [-0.05, 0) is 0 Å². The standard InChI is InChI=1S/C11H13NO3/c1-12-7-9-10(14-3)5-8(13-2)6-11(9)15-4/h5-6H,7H2,2-4H3. The van der Waals surface area contributed by atoms with Crippen molar-refractivity contribution < 1.29 is 14.2 Å². The van der Waals surface area contributed by atoms with Crippen LogP contribution in [0, 0.1) is 6.57 Å². The van der Waals surface area contributed by atoms with Crippen molar-refractivity contribution in [2.45, 2.75) is 6.54 Å². The first-order valence-corrected chi connectivity index (χ1v) is 4.39. The summed E-state index contributed by atoms with van der Waals surface area (Å²) in [7, 11) is 4.69. The van der Waals surface area contributed by atoms with E-state index in [1.807, 2.05) is 0 Å². The lowest BCUT2D eigenvalue weighted by Gasteiger charge is -2.11. The zero-order valence-corrected chi connectivity index (χ0v) is 9.03. The van der Waals surface area contributed by atoms with E-state index in [2.05, 4.69) is 4.85 Å². The van der Waals surface area contributed by atoms with E-state index in [1.54, 1.807) is 33.5 Å². The van der Waals surface area contributed by atoms with E-state index in [0.29, 0.717) is 17.2 Å². The lowest BCUT2D eigenvalue weighted by molar-refractivity contribution is 0.370. The third-order valence-corrected chi connectivity index (χ3v) is 2.05. The Morgan fingerprint density at radius 2 is 1.60 bits per heavy atom. The SMILES string of the molecule is [C-]#[N+]Cc1c(OC)cc(OC)cc1OC. The summed E-state index contributed by atoms with van der Waals surface area (Å²) >= 11 is 0. The smallest absolute Gasteiger partial charge is 0.246 e. The van der Waals surface area contributed by atoms with E-state index in [4.69, 9.17) is 20.8 Å². The molecule has 0 N–H and O–H groups in total. The molecule has 1 aromatic rings. The van der Waals surface area contributed by atoms with E-state index in [9.17, 15) is 0 Å². The lowest BCUT2D eigenvalue weighted by atomic mass is 10.1. The molecule has 0 spiro atoms. The molecule has 0 saturated heterocycles. The maximum Gasteiger partial charge on any atom is 0.246 e. The first-order chi connectivity index (χ1) is 7.26. The Balaban J connectivity index is 3.27. The molecule has 4 nitrogen and oxygen atoms in total. The number of ether oxygens (including phenoxy) is 3. The molecule has 0 atom stereocenters. The highest BCUT2D eigenvalue weighted by Gasteiger charge is 2.14. The number of rotatable bonds is 4. The summed E-state index contributed by atoms with van der Waals surface area (Å²) in [5.41, 5.74) is 0.746. The lowest BCUT2D eigenvalue weighted by Crippen LogP contribution is -1.97. The molecule has 0 aromatic heterocycles. The summed E-state index contributed by atoms with van der Waals surface area (Å²) < 4.78 is 15.5. The third-order valence-electron chi connectivity index (χ3n) is 2.05. The molecule has 0 radical (unpaired) electrons. The molecule has 0 saturated carbocycles. The van der Waals surface area contributed by atoms with E-state index < -0.39 is 0 Å². The van der Waals surface area contributed by atoms with Gasteiger partial charge in [0.25, 0.3) is 0 Å². The molecule has 4 heteroatoms. The van der Waals surface area contributed by atoms with Gasteiger partial charge < -0.3 is 19.1 Å². The molecular weight excluding hydrogens is 194 g/mol. The van der Waals surface area contributed by atoms with Gasteiger partial charge in [0, 0.05) is 12.1 Å². The minimum absolute atomic E-state index is 0.232. The molecular formula is C11H13NO3. The fourth-order valence-electron chi connectivity index (χ4n) is 1.31. The zero-order valence-electron chi connectivity index (χ0n) is 9.03. The van der Waals surface area contributed by atoms with Gasteiger partial charge in [-0.3, -0.25) is 0 Å². The van der Waals surface area contributed by atoms with Crippen molar-refractivity contribution in [1.82, 2.24) is 0 Å². The molecule has 0 aliphatic carbocycles. The molecule has 0 fully saturated rings. The van der Waals surface area contributed by atoms with Crippen molar-refractivity contribution in [3.05, 3.63) is 29.1 Å². The van der Waals surface area contributed by atoms with Crippen LogP contribution in [0.4, 0.5) is 0 Å². The Morgan fingerprint density at radius 1 is 1.07 bits per heavy atom. The Kier molecular flexibility index (Phi) is 3.81. The molecule has 0 aliphatic heterocycles. The molecule has 0 heterocycles. The molecule has 0 amide bonds. The van der Waals surface area contributed by atoms with Crippen molar-refractivity contribution in [1.29, 1.82) is 0 Å². The van der Waals surface area contributed by atoms with Gasteiger partial charge in [0.15, 0.2) is 0 Å². The minimum atomic E-state index is 0.232. The molecule has 15 heavy (non-hydrogen) atoms. The van der Waals surface area contributed by atoms with Gasteiger partial charge in [-0.25, -0.2) is 6.57 Å². The fraction of sp³-hybridized carbons (Fsp3) is 0.364. The minimum Gasteiger partial charge on any atom is -0.496 e. The molecule has 0 bridgehead atoms. The fourth-order valence-corrected chi connectivity index (χ4v) is 1.31. The first kappa shape index (κ1) is 11.2. The van der Waals surface area contributed by atoms with Crippen molar-refractivity contribution in [3.63, 3.8) is 0 Å². The van der Waals surface area contributed by atoms with Crippen molar-refractivity contribution in [2.75, 3.05) is 21.3 Å². The molecule has 80 valence electrons. The monoisotopic (exact) mass is 207 g/mol. The van der Waals surface area contributed by atoms with Crippen LogP contribution < -0.4 is 14.2 Å². The number of hydrogen-bond acceptors (Lipinski definition) is 3. The van der Waals surface area contributed by atoms with Crippen LogP contribution >= 0.6 is 0 Å². The summed E-state index contributed by atoms with van der Waals surface area (Å²) in [6.07, 6.45) is 0. The number of hydrogen-bond donors (Lipinski definition) is 0. The van der Waals surface area contributed by atoms with Crippen LogP contribution in [-0.4, -0.2) is 21.3 Å². The molecule has 1 rings (SSSR count). The highest BCUT2D eigenvalue weighted by atomic mass is 16.5. The average molecular weight is 207 g/mol. The van der Waals surface area contributed by atoms with Crippen molar-refractivity contribution >= 4 is 0 Å². The van der Waals surface area contributed by atoms with E-state index in [1.165, 1.54) is 0 Å². The highest BCUT2D eigenvalue weighted by molar-refractivity contribution is 5.51. The van der Waals surface area contributed by atoms with Crippen LogP contribution in [0.1, 0.15) is 5.56 Å². The molecule has 0 unspecified atom stereocenters.